The smallest absolute Gasteiger partial charge is 0.454 e. The van der Waals surface area contributed by atoms with E-state index in [1.807, 2.05) is 36.4 Å². The molecule has 0 aliphatic rings. The van der Waals surface area contributed by atoms with Gasteiger partial charge >= 0.3 is 6.18 Å². The molecule has 1 N–H and O–H groups in total. The molecule has 0 aliphatic carbocycles. The Kier molecular flexibility index (Phi) is 3.56. The molecular formula is C18H11F3O2. The van der Waals surface area contributed by atoms with Crippen LogP contribution in [0, 0.1) is 0 Å². The molecule has 0 amide bonds. The van der Waals surface area contributed by atoms with Crippen molar-refractivity contribution in [1.82, 2.24) is 0 Å². The van der Waals surface area contributed by atoms with Crippen LogP contribution >= 0.6 is 0 Å². The molecule has 0 fully saturated rings. The molecule has 0 spiro atoms. The van der Waals surface area contributed by atoms with Crippen LogP contribution in [0.1, 0.15) is 5.56 Å². The van der Waals surface area contributed by atoms with Crippen LogP contribution < -0.4 is 0 Å². The molecule has 23 heavy (non-hydrogen) atoms. The van der Waals surface area contributed by atoms with E-state index in [9.17, 15) is 23.1 Å². The molecule has 0 radical (unpaired) electrons. The number of aliphatic hydroxyl groups is 1. The summed E-state index contributed by atoms with van der Waals surface area (Å²) < 4.78 is 36.8. The van der Waals surface area contributed by atoms with E-state index in [1.165, 1.54) is 6.07 Å². The van der Waals surface area contributed by atoms with Crippen LogP contribution in [0.5, 0.6) is 0 Å². The molecule has 5 heteroatoms. The summed E-state index contributed by atoms with van der Waals surface area (Å²) in [6.45, 7) is 0. The molecule has 0 heterocycles. The third kappa shape index (κ3) is 2.90. The Balaban J connectivity index is 2.14. The first-order valence-electron chi connectivity index (χ1n) is 6.80. The number of alkyl halides is 3. The highest BCUT2D eigenvalue weighted by Gasteiger charge is 2.37. The number of benzene rings is 3. The lowest BCUT2D eigenvalue weighted by Crippen LogP contribution is -2.20. The Morgan fingerprint density at radius 1 is 0.913 bits per heavy atom. The number of halogens is 3. The minimum absolute atomic E-state index is 0.159. The Morgan fingerprint density at radius 3 is 2.22 bits per heavy atom. The van der Waals surface area contributed by atoms with E-state index < -0.39 is 17.7 Å². The lowest BCUT2D eigenvalue weighted by atomic mass is 9.99. The van der Waals surface area contributed by atoms with Gasteiger partial charge in [0.2, 0.25) is 0 Å². The Labute approximate surface area is 129 Å². The van der Waals surface area contributed by atoms with Crippen LogP contribution in [0.2, 0.25) is 0 Å². The predicted octanol–water partition coefficient (Wildman–Crippen LogP) is 5.02. The van der Waals surface area contributed by atoms with E-state index in [1.54, 1.807) is 12.1 Å². The molecule has 116 valence electrons. The second-order valence-electron chi connectivity index (χ2n) is 5.11. The lowest BCUT2D eigenvalue weighted by Gasteiger charge is -2.07. The third-order valence-corrected chi connectivity index (χ3v) is 3.59. The Bertz CT molecular complexity index is 940. The summed E-state index contributed by atoms with van der Waals surface area (Å²) in [5.41, 5.74) is 0.159. The number of hydrogen-bond acceptors (Lipinski definition) is 2. The van der Waals surface area contributed by atoms with Gasteiger partial charge in [-0.15, -0.1) is 0 Å². The van der Waals surface area contributed by atoms with Crippen molar-refractivity contribution in [3.05, 3.63) is 66.2 Å². The van der Waals surface area contributed by atoms with Crippen LogP contribution in [0.3, 0.4) is 0 Å². The number of rotatable bonds is 2. The minimum Gasteiger partial charge on any atom is -0.507 e. The SMILES string of the molecule is O=C(C=C(O)c1ccc2ccc3ccccc3c2c1)C(F)(F)F. The maximum absolute atomic E-state index is 12.3. The second kappa shape index (κ2) is 5.43. The number of allylic oxidation sites excluding steroid dienone is 1. The van der Waals surface area contributed by atoms with Crippen molar-refractivity contribution in [3.8, 4) is 0 Å². The number of hydrogen-bond donors (Lipinski definition) is 1. The molecule has 0 aliphatic heterocycles. The molecule has 0 saturated heterocycles. The van der Waals surface area contributed by atoms with Gasteiger partial charge in [0.15, 0.2) is 0 Å². The van der Waals surface area contributed by atoms with Crippen molar-refractivity contribution >= 4 is 33.1 Å². The largest absolute Gasteiger partial charge is 0.507 e. The molecule has 3 aromatic carbocycles. The van der Waals surface area contributed by atoms with Crippen LogP contribution in [-0.4, -0.2) is 17.1 Å². The predicted molar refractivity (Wildman–Crippen MR) is 83.1 cm³/mol. The van der Waals surface area contributed by atoms with E-state index in [0.29, 0.717) is 0 Å². The van der Waals surface area contributed by atoms with Gasteiger partial charge in [-0.1, -0.05) is 48.5 Å². The van der Waals surface area contributed by atoms with Gasteiger partial charge in [0.1, 0.15) is 5.76 Å². The van der Waals surface area contributed by atoms with Gasteiger partial charge in [-0.25, -0.2) is 0 Å². The van der Waals surface area contributed by atoms with Gasteiger partial charge in [-0.3, -0.25) is 4.79 Å². The summed E-state index contributed by atoms with van der Waals surface area (Å²) in [5.74, 6) is -2.80. The maximum Gasteiger partial charge on any atom is 0.454 e. The highest BCUT2D eigenvalue weighted by molar-refractivity contribution is 6.08. The normalized spacial score (nSPS) is 12.7. The second-order valence-corrected chi connectivity index (χ2v) is 5.11. The van der Waals surface area contributed by atoms with Gasteiger partial charge in [0.05, 0.1) is 0 Å². The third-order valence-electron chi connectivity index (χ3n) is 3.59. The molecule has 3 rings (SSSR count). The molecule has 0 bridgehead atoms. The van der Waals surface area contributed by atoms with Crippen molar-refractivity contribution < 1.29 is 23.1 Å². The van der Waals surface area contributed by atoms with Gasteiger partial charge in [-0.05, 0) is 27.6 Å². The summed E-state index contributed by atoms with van der Waals surface area (Å²) in [6.07, 6.45) is -4.80. The summed E-state index contributed by atoms with van der Waals surface area (Å²) in [6, 6.07) is 16.1. The van der Waals surface area contributed by atoms with Crippen molar-refractivity contribution in [2.45, 2.75) is 6.18 Å². The highest BCUT2D eigenvalue weighted by Crippen LogP contribution is 2.28. The van der Waals surface area contributed by atoms with Crippen molar-refractivity contribution in [3.63, 3.8) is 0 Å². The van der Waals surface area contributed by atoms with Gasteiger partial charge in [0, 0.05) is 11.6 Å². The number of ketones is 1. The first kappa shape index (κ1) is 15.1. The van der Waals surface area contributed by atoms with Crippen molar-refractivity contribution in [2.75, 3.05) is 0 Å². The molecule has 0 atom stereocenters. The summed E-state index contributed by atoms with van der Waals surface area (Å²) >= 11 is 0. The monoisotopic (exact) mass is 316 g/mol. The molecular weight excluding hydrogens is 305 g/mol. The fourth-order valence-electron chi connectivity index (χ4n) is 2.45. The molecule has 3 aromatic rings. The van der Waals surface area contributed by atoms with E-state index in [2.05, 4.69) is 0 Å². The van der Waals surface area contributed by atoms with Crippen LogP contribution in [0.25, 0.3) is 27.3 Å². The fourth-order valence-corrected chi connectivity index (χ4v) is 2.45. The molecule has 0 unspecified atom stereocenters. The van der Waals surface area contributed by atoms with Crippen molar-refractivity contribution in [2.24, 2.45) is 0 Å². The summed E-state index contributed by atoms with van der Waals surface area (Å²) in [7, 11) is 0. The van der Waals surface area contributed by atoms with Gasteiger partial charge < -0.3 is 5.11 Å². The number of carbonyl (C=O) groups is 1. The standard InChI is InChI=1S/C18H11F3O2/c19-18(20,21)17(23)10-16(22)13-8-7-12-6-5-11-3-1-2-4-14(11)15(12)9-13/h1-10,22H. The number of fused-ring (bicyclic) bond motifs is 3. The van der Waals surface area contributed by atoms with Crippen LogP contribution in [-0.2, 0) is 4.79 Å². The van der Waals surface area contributed by atoms with E-state index in [-0.39, 0.29) is 11.6 Å². The summed E-state index contributed by atoms with van der Waals surface area (Å²) in [4.78, 5) is 11.0. The maximum atomic E-state index is 12.3. The zero-order valence-corrected chi connectivity index (χ0v) is 11.8. The number of carbonyl (C=O) groups excluding carboxylic acids is 1. The average molecular weight is 316 g/mol. The van der Waals surface area contributed by atoms with E-state index in [4.69, 9.17) is 0 Å². The molecule has 2 nitrogen and oxygen atoms in total. The first-order chi connectivity index (χ1) is 10.9. The first-order valence-corrected chi connectivity index (χ1v) is 6.80. The molecule has 0 saturated carbocycles. The summed E-state index contributed by atoms with van der Waals surface area (Å²) in [5, 5.41) is 13.4. The highest BCUT2D eigenvalue weighted by atomic mass is 19.4. The van der Waals surface area contributed by atoms with Crippen molar-refractivity contribution in [1.29, 1.82) is 0 Å². The average Bonchev–Trinajstić information content (AvgIpc) is 2.53. The Hall–Kier alpha value is -2.82. The minimum atomic E-state index is -5.00. The zero-order valence-electron chi connectivity index (χ0n) is 11.8. The Morgan fingerprint density at radius 2 is 1.52 bits per heavy atom. The zero-order chi connectivity index (χ0) is 16.6. The van der Waals surface area contributed by atoms with Gasteiger partial charge in [0.25, 0.3) is 5.78 Å². The topological polar surface area (TPSA) is 37.3 Å². The van der Waals surface area contributed by atoms with Crippen LogP contribution in [0.4, 0.5) is 13.2 Å². The van der Waals surface area contributed by atoms with Gasteiger partial charge in [-0.2, -0.15) is 13.2 Å². The van der Waals surface area contributed by atoms with E-state index in [0.717, 1.165) is 21.5 Å². The quantitative estimate of drug-likeness (QED) is 0.409. The number of aliphatic hydroxyl groups excluding tert-OH is 1. The fraction of sp³-hybridized carbons (Fsp3) is 0.0556. The van der Waals surface area contributed by atoms with E-state index >= 15 is 0 Å². The molecule has 0 aromatic heterocycles. The lowest BCUT2D eigenvalue weighted by molar-refractivity contribution is -0.165. The van der Waals surface area contributed by atoms with Crippen LogP contribution in [0.15, 0.2) is 60.7 Å².